The molecule has 1 saturated heterocycles. The van der Waals surface area contributed by atoms with Gasteiger partial charge in [-0.05, 0) is 108 Å². The number of amides is 2. The summed E-state index contributed by atoms with van der Waals surface area (Å²) in [7, 11) is 0. The zero-order chi connectivity index (χ0) is 26.5. The molecule has 7 nitrogen and oxygen atoms in total. The number of piperidine rings is 1. The van der Waals surface area contributed by atoms with Crippen LogP contribution >= 0.6 is 0 Å². The lowest BCUT2D eigenvalue weighted by Gasteiger charge is -2.47. The van der Waals surface area contributed by atoms with Crippen LogP contribution in [0.15, 0.2) is 18.2 Å². The number of carbonyl (C=O) groups excluding carboxylic acids is 2. The molecule has 7 heteroatoms. The van der Waals surface area contributed by atoms with E-state index in [0.29, 0.717) is 25.1 Å². The number of ether oxygens (including phenoxy) is 1. The number of hydrogen-bond acceptors (Lipinski definition) is 4. The Morgan fingerprint density at radius 3 is 2.36 bits per heavy atom. The van der Waals surface area contributed by atoms with Gasteiger partial charge in [0.1, 0.15) is 5.60 Å². The Morgan fingerprint density at radius 2 is 1.78 bits per heavy atom. The predicted octanol–water partition coefficient (Wildman–Crippen LogP) is 5.86. The van der Waals surface area contributed by atoms with E-state index in [2.05, 4.69) is 0 Å². The SMILES string of the molecule is CCN(CC)C(=O)CCCCC1CC2(CCN(C(=O)OC(C)(C)C)CC2)Cc2ccc(C(=O)O)cc21. The molecule has 0 saturated carbocycles. The van der Waals surface area contributed by atoms with Gasteiger partial charge in [0.05, 0.1) is 5.56 Å². The van der Waals surface area contributed by atoms with Crippen molar-refractivity contribution in [1.82, 2.24) is 9.80 Å². The van der Waals surface area contributed by atoms with Gasteiger partial charge in [-0.25, -0.2) is 9.59 Å². The molecule has 1 aliphatic heterocycles. The Bertz CT molecular complexity index is 939. The first-order valence-electron chi connectivity index (χ1n) is 13.6. The van der Waals surface area contributed by atoms with E-state index < -0.39 is 11.6 Å². The molecule has 2 amide bonds. The van der Waals surface area contributed by atoms with Gasteiger partial charge < -0.3 is 19.6 Å². The van der Waals surface area contributed by atoms with E-state index in [1.807, 2.05) is 56.6 Å². The minimum absolute atomic E-state index is 0.109. The van der Waals surface area contributed by atoms with Gasteiger partial charge in [0.15, 0.2) is 0 Å². The van der Waals surface area contributed by atoms with E-state index in [4.69, 9.17) is 4.74 Å². The number of carboxylic acids is 1. The topological polar surface area (TPSA) is 87.2 Å². The molecule has 1 unspecified atom stereocenters. The third kappa shape index (κ3) is 7.01. The molecule has 2 aliphatic rings. The van der Waals surface area contributed by atoms with E-state index >= 15 is 0 Å². The van der Waals surface area contributed by atoms with Gasteiger partial charge in [0.2, 0.25) is 5.91 Å². The fourth-order valence-corrected chi connectivity index (χ4v) is 5.91. The van der Waals surface area contributed by atoms with Gasteiger partial charge >= 0.3 is 12.1 Å². The molecule has 36 heavy (non-hydrogen) atoms. The second-order valence-electron chi connectivity index (χ2n) is 11.6. The Hall–Kier alpha value is -2.57. The Morgan fingerprint density at radius 1 is 1.11 bits per heavy atom. The highest BCUT2D eigenvalue weighted by Gasteiger charge is 2.42. The molecule has 3 rings (SSSR count). The molecule has 200 valence electrons. The van der Waals surface area contributed by atoms with Crippen molar-refractivity contribution in [1.29, 1.82) is 0 Å². The summed E-state index contributed by atoms with van der Waals surface area (Å²) in [4.78, 5) is 40.4. The van der Waals surface area contributed by atoms with Crippen LogP contribution in [0.1, 0.15) is 107 Å². The maximum Gasteiger partial charge on any atom is 0.410 e. The number of carbonyl (C=O) groups is 3. The Kier molecular flexibility index (Phi) is 9.07. The van der Waals surface area contributed by atoms with Crippen molar-refractivity contribution < 1.29 is 24.2 Å². The van der Waals surface area contributed by atoms with Crippen molar-refractivity contribution in [3.63, 3.8) is 0 Å². The van der Waals surface area contributed by atoms with Crippen LogP contribution in [-0.2, 0) is 16.0 Å². The number of unbranched alkanes of at least 4 members (excludes halogenated alkanes) is 1. The van der Waals surface area contributed by atoms with Gasteiger partial charge in [-0.15, -0.1) is 0 Å². The predicted molar refractivity (Wildman–Crippen MR) is 140 cm³/mol. The van der Waals surface area contributed by atoms with E-state index in [0.717, 1.165) is 63.6 Å². The quantitative estimate of drug-likeness (QED) is 0.452. The molecule has 1 aromatic carbocycles. The summed E-state index contributed by atoms with van der Waals surface area (Å²) in [5.74, 6) is -0.416. The Labute approximate surface area is 216 Å². The van der Waals surface area contributed by atoms with E-state index in [1.54, 1.807) is 6.07 Å². The van der Waals surface area contributed by atoms with E-state index in [1.165, 1.54) is 5.56 Å². The lowest BCUT2D eigenvalue weighted by Crippen LogP contribution is -2.47. The normalized spacial score (nSPS) is 19.0. The molecule has 1 aromatic rings. The zero-order valence-corrected chi connectivity index (χ0v) is 22.8. The van der Waals surface area contributed by atoms with Crippen LogP contribution in [0, 0.1) is 5.41 Å². The molecule has 1 N–H and O–H groups in total. The van der Waals surface area contributed by atoms with Gasteiger partial charge in [-0.1, -0.05) is 12.5 Å². The fourth-order valence-electron chi connectivity index (χ4n) is 5.91. The minimum atomic E-state index is -0.896. The van der Waals surface area contributed by atoms with Crippen molar-refractivity contribution >= 4 is 18.0 Å². The number of nitrogens with zero attached hydrogens (tertiary/aromatic N) is 2. The van der Waals surface area contributed by atoms with Crippen molar-refractivity contribution in [2.45, 2.75) is 97.5 Å². The highest BCUT2D eigenvalue weighted by molar-refractivity contribution is 5.88. The van der Waals surface area contributed by atoms with Crippen LogP contribution in [0.4, 0.5) is 4.79 Å². The molecule has 1 heterocycles. The van der Waals surface area contributed by atoms with Crippen molar-refractivity contribution in [2.24, 2.45) is 5.41 Å². The summed E-state index contributed by atoms with van der Waals surface area (Å²) in [5.41, 5.74) is 2.34. The van der Waals surface area contributed by atoms with Crippen LogP contribution in [-0.4, -0.2) is 64.7 Å². The maximum atomic E-state index is 12.6. The molecule has 0 aromatic heterocycles. The largest absolute Gasteiger partial charge is 0.478 e. The maximum absolute atomic E-state index is 12.6. The van der Waals surface area contributed by atoms with Crippen LogP contribution in [0.2, 0.25) is 0 Å². The highest BCUT2D eigenvalue weighted by Crippen LogP contribution is 2.50. The van der Waals surface area contributed by atoms with Gasteiger partial charge in [0.25, 0.3) is 0 Å². The molecule has 0 radical (unpaired) electrons. The number of benzene rings is 1. The first-order chi connectivity index (χ1) is 17.0. The standard InChI is InChI=1S/C29H44N2O5/c1-6-30(7-2)25(32)11-9-8-10-22-19-29(20-23-13-12-21(26(33)34)18-24(22)23)14-16-31(17-15-29)27(35)36-28(3,4)5/h12-13,18,22H,6-11,14-17,19-20H2,1-5H3,(H,33,34). The van der Waals surface area contributed by atoms with E-state index in [-0.39, 0.29) is 23.3 Å². The summed E-state index contributed by atoms with van der Waals surface area (Å²) >= 11 is 0. The summed E-state index contributed by atoms with van der Waals surface area (Å²) in [6.07, 6.45) is 6.80. The average molecular weight is 501 g/mol. The van der Waals surface area contributed by atoms with Crippen LogP contribution in [0.25, 0.3) is 0 Å². The van der Waals surface area contributed by atoms with Crippen LogP contribution in [0.5, 0.6) is 0 Å². The van der Waals surface area contributed by atoms with Crippen LogP contribution in [0.3, 0.4) is 0 Å². The monoisotopic (exact) mass is 500 g/mol. The highest BCUT2D eigenvalue weighted by atomic mass is 16.6. The third-order valence-corrected chi connectivity index (χ3v) is 7.86. The fraction of sp³-hybridized carbons (Fsp3) is 0.690. The number of carboxylic acid groups (broad SMARTS) is 1. The van der Waals surface area contributed by atoms with Gasteiger partial charge in [0, 0.05) is 32.6 Å². The minimum Gasteiger partial charge on any atom is -0.478 e. The number of rotatable bonds is 8. The van der Waals surface area contributed by atoms with Crippen molar-refractivity contribution in [3.05, 3.63) is 34.9 Å². The molecular weight excluding hydrogens is 456 g/mol. The third-order valence-electron chi connectivity index (χ3n) is 7.86. The van der Waals surface area contributed by atoms with Crippen molar-refractivity contribution in [2.75, 3.05) is 26.2 Å². The first kappa shape index (κ1) is 28.0. The number of hydrogen-bond donors (Lipinski definition) is 1. The second kappa shape index (κ2) is 11.7. The summed E-state index contributed by atoms with van der Waals surface area (Å²) in [5, 5.41) is 9.56. The second-order valence-corrected chi connectivity index (χ2v) is 11.6. The molecular formula is C29H44N2O5. The van der Waals surface area contributed by atoms with Gasteiger partial charge in [-0.2, -0.15) is 0 Å². The molecule has 1 atom stereocenters. The lowest BCUT2D eigenvalue weighted by atomic mass is 9.62. The number of likely N-dealkylation sites (tertiary alicyclic amines) is 1. The van der Waals surface area contributed by atoms with E-state index in [9.17, 15) is 19.5 Å². The molecule has 1 fully saturated rings. The lowest BCUT2D eigenvalue weighted by molar-refractivity contribution is -0.130. The van der Waals surface area contributed by atoms with Crippen LogP contribution < -0.4 is 0 Å². The number of fused-ring (bicyclic) bond motifs is 1. The van der Waals surface area contributed by atoms with Crippen molar-refractivity contribution in [3.8, 4) is 0 Å². The molecule has 1 aliphatic carbocycles. The molecule has 1 spiro atoms. The molecule has 0 bridgehead atoms. The summed E-state index contributed by atoms with van der Waals surface area (Å²) in [6, 6.07) is 5.58. The number of aromatic carboxylic acids is 1. The Balaban J connectivity index is 1.70. The zero-order valence-electron chi connectivity index (χ0n) is 22.8. The average Bonchev–Trinajstić information content (AvgIpc) is 2.81. The summed E-state index contributed by atoms with van der Waals surface area (Å²) < 4.78 is 5.58. The summed E-state index contributed by atoms with van der Waals surface area (Å²) in [6.45, 7) is 12.5. The first-order valence-corrected chi connectivity index (χ1v) is 13.6. The smallest absolute Gasteiger partial charge is 0.410 e. The van der Waals surface area contributed by atoms with Gasteiger partial charge in [-0.3, -0.25) is 4.79 Å².